The molecule has 17 heavy (non-hydrogen) atoms. The number of nitrogens with zero attached hydrogens (tertiary/aromatic N) is 1. The summed E-state index contributed by atoms with van der Waals surface area (Å²) >= 11 is 0. The van der Waals surface area contributed by atoms with Crippen molar-refractivity contribution in [3.8, 4) is 0 Å². The van der Waals surface area contributed by atoms with Crippen molar-refractivity contribution in [2.75, 3.05) is 19.8 Å². The maximum atomic E-state index is 13.3. The molecule has 4 nitrogen and oxygen atoms in total. The first kappa shape index (κ1) is 12.0. The highest BCUT2D eigenvalue weighted by atomic mass is 19.1. The van der Waals surface area contributed by atoms with Crippen molar-refractivity contribution in [3.63, 3.8) is 0 Å². The van der Waals surface area contributed by atoms with Crippen LogP contribution in [0.4, 0.5) is 9.18 Å². The first-order valence-electron chi connectivity index (χ1n) is 5.46. The van der Waals surface area contributed by atoms with Gasteiger partial charge in [-0.25, -0.2) is 0 Å². The van der Waals surface area contributed by atoms with Gasteiger partial charge in [0.2, 0.25) is 0 Å². The number of benzene rings is 1. The average molecular weight is 239 g/mol. The number of halogens is 1. The minimum absolute atomic E-state index is 0.0829. The van der Waals surface area contributed by atoms with E-state index in [4.69, 9.17) is 9.47 Å². The number of rotatable bonds is 2. The molecule has 1 radical (unpaired) electrons. The molecule has 2 rings (SSSR count). The first-order chi connectivity index (χ1) is 8.27. The molecule has 5 heteroatoms. The predicted octanol–water partition coefficient (Wildman–Crippen LogP) is 1.79. The van der Waals surface area contributed by atoms with Gasteiger partial charge in [0.15, 0.2) is 6.54 Å². The molecule has 0 aliphatic carbocycles. The zero-order valence-electron chi connectivity index (χ0n) is 9.34. The smallest absolute Gasteiger partial charge is 0.411 e. The number of hydrogen-bond donors (Lipinski definition) is 0. The Morgan fingerprint density at radius 1 is 1.47 bits per heavy atom. The topological polar surface area (TPSA) is 41.4 Å². The Labute approximate surface area is 98.9 Å². The fourth-order valence-corrected chi connectivity index (χ4v) is 1.58. The maximum Gasteiger partial charge on any atom is 0.569 e. The van der Waals surface area contributed by atoms with Crippen molar-refractivity contribution >= 4 is 6.09 Å². The van der Waals surface area contributed by atoms with Crippen LogP contribution in [0.5, 0.6) is 0 Å². The molecule has 1 aromatic carbocycles. The van der Waals surface area contributed by atoms with Crippen LogP contribution in [0, 0.1) is 0 Å². The number of alkyl halides is 1. The molecule has 1 aromatic rings. The molecular formula is C12H14FNO3+. The van der Waals surface area contributed by atoms with Crippen molar-refractivity contribution in [1.29, 1.82) is 0 Å². The normalized spacial score (nSPS) is 21.1. The van der Waals surface area contributed by atoms with Gasteiger partial charge in [-0.3, -0.25) is 0 Å². The Kier molecular flexibility index (Phi) is 4.06. The lowest BCUT2D eigenvalue weighted by Gasteiger charge is -2.18. The molecule has 0 N–H and O–H groups in total. The van der Waals surface area contributed by atoms with Gasteiger partial charge in [-0.2, -0.15) is 9.18 Å². The molecule has 1 unspecified atom stereocenters. The molecular weight excluding hydrogens is 225 g/mol. The highest BCUT2D eigenvalue weighted by Gasteiger charge is 2.40. The Hall–Kier alpha value is -1.46. The largest absolute Gasteiger partial charge is 0.569 e. The lowest BCUT2D eigenvalue weighted by atomic mass is 10.2. The maximum absolute atomic E-state index is 13.3. The van der Waals surface area contributed by atoms with Gasteiger partial charge >= 0.3 is 12.4 Å². The number of amides is 1. The van der Waals surface area contributed by atoms with E-state index in [2.05, 4.69) is 0 Å². The molecule has 1 saturated heterocycles. The van der Waals surface area contributed by atoms with E-state index < -0.39 is 12.4 Å². The van der Waals surface area contributed by atoms with Crippen LogP contribution < -0.4 is 4.90 Å². The van der Waals surface area contributed by atoms with Crippen LogP contribution in [0.15, 0.2) is 30.3 Å². The van der Waals surface area contributed by atoms with Gasteiger partial charge in [-0.1, -0.05) is 30.3 Å². The molecule has 1 atom stereocenters. The number of carbonyl (C=O) groups excluding carboxylic acids is 1. The van der Waals surface area contributed by atoms with Crippen LogP contribution in [0.1, 0.15) is 5.56 Å². The summed E-state index contributed by atoms with van der Waals surface area (Å²) in [6.07, 6.45) is -2.04. The van der Waals surface area contributed by atoms with E-state index in [-0.39, 0.29) is 19.8 Å². The molecule has 1 amide bonds. The van der Waals surface area contributed by atoms with E-state index in [1.807, 2.05) is 30.3 Å². The summed E-state index contributed by atoms with van der Waals surface area (Å²) in [6, 6.07) is 9.29. The highest BCUT2D eigenvalue weighted by Crippen LogP contribution is 2.08. The van der Waals surface area contributed by atoms with E-state index in [1.54, 1.807) is 0 Å². The lowest BCUT2D eigenvalue weighted by Crippen LogP contribution is -2.51. The molecule has 0 bridgehead atoms. The second-order valence-corrected chi connectivity index (χ2v) is 3.74. The second-order valence-electron chi connectivity index (χ2n) is 3.74. The molecule has 0 spiro atoms. The third-order valence-electron chi connectivity index (χ3n) is 2.51. The van der Waals surface area contributed by atoms with Crippen LogP contribution in [0.3, 0.4) is 0 Å². The lowest BCUT2D eigenvalue weighted by molar-refractivity contribution is -0.0179. The predicted molar refractivity (Wildman–Crippen MR) is 59.3 cm³/mol. The van der Waals surface area contributed by atoms with Crippen molar-refractivity contribution in [3.05, 3.63) is 35.9 Å². The Morgan fingerprint density at radius 2 is 2.24 bits per heavy atom. The SMILES string of the molecule is O=C(OCc1ccccc1)[N+]1CCOCC1F. The summed E-state index contributed by atoms with van der Waals surface area (Å²) in [5.41, 5.74) is 0.879. The minimum atomic E-state index is -1.41. The molecule has 1 heterocycles. The third-order valence-corrected chi connectivity index (χ3v) is 2.51. The van der Waals surface area contributed by atoms with E-state index in [9.17, 15) is 9.18 Å². The molecule has 91 valence electrons. The Morgan fingerprint density at radius 3 is 2.94 bits per heavy atom. The fraction of sp³-hybridized carbons (Fsp3) is 0.417. The van der Waals surface area contributed by atoms with Crippen molar-refractivity contribution in [2.24, 2.45) is 0 Å². The highest BCUT2D eigenvalue weighted by molar-refractivity contribution is 5.70. The van der Waals surface area contributed by atoms with Gasteiger partial charge in [0.05, 0.1) is 0 Å². The standard InChI is InChI=1S/C12H14FNO3/c13-11-9-16-7-6-14(11)12(15)17-8-10-4-2-1-3-5-10/h1-5,11H,6-9H2/q+1. The quantitative estimate of drug-likeness (QED) is 0.583. The van der Waals surface area contributed by atoms with Crippen LogP contribution in [0.2, 0.25) is 0 Å². The van der Waals surface area contributed by atoms with Gasteiger partial charge < -0.3 is 9.47 Å². The van der Waals surface area contributed by atoms with E-state index >= 15 is 0 Å². The molecule has 1 aliphatic heterocycles. The summed E-state index contributed by atoms with van der Waals surface area (Å²) in [4.78, 5) is 12.6. The first-order valence-corrected chi connectivity index (χ1v) is 5.46. The number of ether oxygens (including phenoxy) is 2. The zero-order valence-corrected chi connectivity index (χ0v) is 9.34. The monoisotopic (exact) mass is 239 g/mol. The van der Waals surface area contributed by atoms with Crippen LogP contribution >= 0.6 is 0 Å². The molecule has 0 aromatic heterocycles. The Bertz CT molecular complexity index is 371. The fourth-order valence-electron chi connectivity index (χ4n) is 1.58. The summed E-state index contributed by atoms with van der Waals surface area (Å²) in [7, 11) is 0. The molecule has 1 aliphatic rings. The van der Waals surface area contributed by atoms with Crippen molar-refractivity contribution in [2.45, 2.75) is 12.9 Å². The van der Waals surface area contributed by atoms with Crippen LogP contribution in [0.25, 0.3) is 0 Å². The summed E-state index contributed by atoms with van der Waals surface area (Å²) < 4.78 is 23.3. The summed E-state index contributed by atoms with van der Waals surface area (Å²) in [6.45, 7) is 0.653. The van der Waals surface area contributed by atoms with Gasteiger partial charge in [-0.05, 0) is 10.5 Å². The van der Waals surface area contributed by atoms with Gasteiger partial charge in [-0.15, -0.1) is 0 Å². The van der Waals surface area contributed by atoms with E-state index in [0.717, 1.165) is 10.5 Å². The van der Waals surface area contributed by atoms with E-state index in [0.29, 0.717) is 6.61 Å². The van der Waals surface area contributed by atoms with Crippen LogP contribution in [-0.2, 0) is 16.1 Å². The summed E-state index contributed by atoms with van der Waals surface area (Å²) in [5, 5.41) is 0. The number of hydrogen-bond acceptors (Lipinski definition) is 3. The van der Waals surface area contributed by atoms with Crippen LogP contribution in [-0.4, -0.2) is 32.1 Å². The Balaban J connectivity index is 1.84. The number of morpholine rings is 1. The third kappa shape index (κ3) is 3.25. The number of carbonyl (C=O) groups is 1. The zero-order chi connectivity index (χ0) is 12.1. The van der Waals surface area contributed by atoms with Gasteiger partial charge in [0.1, 0.15) is 19.8 Å². The second kappa shape index (κ2) is 5.75. The molecule has 1 fully saturated rings. The van der Waals surface area contributed by atoms with Crippen molar-refractivity contribution < 1.29 is 18.7 Å². The van der Waals surface area contributed by atoms with E-state index in [1.165, 1.54) is 0 Å². The minimum Gasteiger partial charge on any atom is -0.411 e. The summed E-state index contributed by atoms with van der Waals surface area (Å²) in [5.74, 6) is 0. The van der Waals surface area contributed by atoms with Gasteiger partial charge in [0.25, 0.3) is 0 Å². The van der Waals surface area contributed by atoms with Gasteiger partial charge in [0, 0.05) is 0 Å². The average Bonchev–Trinajstić information content (AvgIpc) is 2.38. The molecule has 0 saturated carbocycles. The van der Waals surface area contributed by atoms with Crippen molar-refractivity contribution in [1.82, 2.24) is 4.90 Å².